The van der Waals surface area contributed by atoms with Crippen LogP contribution >= 0.6 is 0 Å². The van der Waals surface area contributed by atoms with Crippen LogP contribution in [0.2, 0.25) is 0 Å². The normalized spacial score (nSPS) is 15.2. The van der Waals surface area contributed by atoms with Crippen LogP contribution in [-0.4, -0.2) is 28.4 Å². The Morgan fingerprint density at radius 1 is 1.38 bits per heavy atom. The molecular weight excluding hydrogens is 233 g/mol. The first-order chi connectivity index (χ1) is 7.20. The zero-order chi connectivity index (χ0) is 12.6. The summed E-state index contributed by atoms with van der Waals surface area (Å²) in [5, 5.41) is 3.42. The van der Waals surface area contributed by atoms with E-state index in [4.69, 9.17) is 5.73 Å². The average Bonchev–Trinajstić information content (AvgIpc) is 2.50. The molecule has 1 rings (SSSR count). The Bertz CT molecular complexity index is 357. The van der Waals surface area contributed by atoms with E-state index in [0.29, 0.717) is 10.2 Å². The number of rotatable bonds is 3. The van der Waals surface area contributed by atoms with Crippen molar-refractivity contribution in [2.24, 2.45) is 5.73 Å². The fourth-order valence-corrected chi connectivity index (χ4v) is 1.21. The molecule has 1 heterocycles. The number of aromatic nitrogens is 2. The van der Waals surface area contributed by atoms with E-state index in [1.54, 1.807) is 0 Å². The number of aryl methyl sites for hydroxylation is 1. The lowest BCUT2D eigenvalue weighted by molar-refractivity contribution is -0.298. The molecule has 1 aromatic rings. The zero-order valence-electron chi connectivity index (χ0n) is 8.30. The molecule has 0 aliphatic heterocycles. The first kappa shape index (κ1) is 12.9. The smallest absolute Gasteiger partial charge is 0.328 e. The third-order valence-corrected chi connectivity index (χ3v) is 2.07. The third kappa shape index (κ3) is 2.16. The summed E-state index contributed by atoms with van der Waals surface area (Å²) in [5.41, 5.74) is 5.44. The molecule has 0 radical (unpaired) electrons. The summed E-state index contributed by atoms with van der Waals surface area (Å²) in [6, 6.07) is -2.22. The number of halogens is 5. The van der Waals surface area contributed by atoms with Crippen LogP contribution in [0, 0.1) is 6.92 Å². The molecular formula is C8H10F5N3. The minimum absolute atomic E-state index is 0.483. The minimum atomic E-state index is -5.64. The van der Waals surface area contributed by atoms with Crippen LogP contribution in [0.4, 0.5) is 22.0 Å². The van der Waals surface area contributed by atoms with Gasteiger partial charge >= 0.3 is 12.1 Å². The van der Waals surface area contributed by atoms with Gasteiger partial charge in [0.1, 0.15) is 6.04 Å². The maximum absolute atomic E-state index is 13.0. The van der Waals surface area contributed by atoms with E-state index in [-0.39, 0.29) is 0 Å². The molecule has 0 saturated heterocycles. The van der Waals surface area contributed by atoms with Crippen LogP contribution in [0.3, 0.4) is 0 Å². The zero-order valence-corrected chi connectivity index (χ0v) is 8.30. The third-order valence-electron chi connectivity index (χ3n) is 2.07. The maximum atomic E-state index is 13.0. The topological polar surface area (TPSA) is 43.8 Å². The lowest BCUT2D eigenvalue weighted by atomic mass is 10.1. The van der Waals surface area contributed by atoms with E-state index in [9.17, 15) is 22.0 Å². The van der Waals surface area contributed by atoms with Gasteiger partial charge in [0.15, 0.2) is 0 Å². The van der Waals surface area contributed by atoms with Gasteiger partial charge in [0.25, 0.3) is 0 Å². The van der Waals surface area contributed by atoms with Gasteiger partial charge in [0, 0.05) is 12.7 Å². The summed E-state index contributed by atoms with van der Waals surface area (Å²) in [7, 11) is 0. The van der Waals surface area contributed by atoms with Crippen molar-refractivity contribution in [1.29, 1.82) is 0 Å². The number of hydrogen-bond acceptors (Lipinski definition) is 2. The van der Waals surface area contributed by atoms with Crippen LogP contribution in [0.25, 0.3) is 0 Å². The van der Waals surface area contributed by atoms with Crippen molar-refractivity contribution >= 4 is 0 Å². The van der Waals surface area contributed by atoms with Crippen LogP contribution in [0.1, 0.15) is 11.6 Å². The molecule has 92 valence electrons. The summed E-state index contributed by atoms with van der Waals surface area (Å²) in [4.78, 5) is 0. The van der Waals surface area contributed by atoms with Crippen molar-refractivity contribution in [3.63, 3.8) is 0 Å². The summed E-state index contributed by atoms with van der Waals surface area (Å²) in [6.07, 6.45) is -3.36. The standard InChI is InChI=1S/C8H10F5N3/c1-5-3-15-16(4-5)6(2-14)7(9,10)8(11,12)13/h3-4,6H,2,14H2,1H3. The van der Waals surface area contributed by atoms with Gasteiger partial charge in [-0.05, 0) is 12.5 Å². The number of hydrogen-bond donors (Lipinski definition) is 1. The second-order valence-corrected chi connectivity index (χ2v) is 3.37. The predicted octanol–water partition coefficient (Wildman–Crippen LogP) is 1.89. The Hall–Kier alpha value is -1.18. The number of alkyl halides is 5. The molecule has 0 aliphatic carbocycles. The van der Waals surface area contributed by atoms with E-state index >= 15 is 0 Å². The van der Waals surface area contributed by atoms with Crippen LogP contribution in [0.5, 0.6) is 0 Å². The van der Waals surface area contributed by atoms with Gasteiger partial charge in [0.05, 0.1) is 6.20 Å². The molecule has 0 spiro atoms. The van der Waals surface area contributed by atoms with Crippen molar-refractivity contribution in [3.05, 3.63) is 18.0 Å². The van der Waals surface area contributed by atoms with Gasteiger partial charge in [-0.1, -0.05) is 0 Å². The monoisotopic (exact) mass is 243 g/mol. The molecule has 1 atom stereocenters. The van der Waals surface area contributed by atoms with Crippen LogP contribution in [0.15, 0.2) is 12.4 Å². The van der Waals surface area contributed by atoms with Gasteiger partial charge < -0.3 is 5.73 Å². The van der Waals surface area contributed by atoms with Crippen molar-refractivity contribution in [3.8, 4) is 0 Å². The van der Waals surface area contributed by atoms with E-state index in [1.165, 1.54) is 13.1 Å². The van der Waals surface area contributed by atoms with E-state index < -0.39 is 24.7 Å². The Kier molecular flexibility index (Phi) is 3.22. The SMILES string of the molecule is Cc1cnn(C(CN)C(F)(F)C(F)(F)F)c1. The first-order valence-electron chi connectivity index (χ1n) is 4.35. The van der Waals surface area contributed by atoms with Gasteiger partial charge in [-0.2, -0.15) is 27.1 Å². The molecule has 0 aromatic carbocycles. The second-order valence-electron chi connectivity index (χ2n) is 3.37. The fraction of sp³-hybridized carbons (Fsp3) is 0.625. The van der Waals surface area contributed by atoms with Crippen molar-refractivity contribution in [1.82, 2.24) is 9.78 Å². The Morgan fingerprint density at radius 3 is 2.25 bits per heavy atom. The first-order valence-corrected chi connectivity index (χ1v) is 4.35. The van der Waals surface area contributed by atoms with Gasteiger partial charge in [-0.3, -0.25) is 4.68 Å². The molecule has 3 nitrogen and oxygen atoms in total. The molecule has 1 unspecified atom stereocenters. The molecule has 0 amide bonds. The maximum Gasteiger partial charge on any atom is 0.455 e. The Labute approximate surface area is 88.0 Å². The summed E-state index contributed by atoms with van der Waals surface area (Å²) >= 11 is 0. The van der Waals surface area contributed by atoms with Crippen LogP contribution < -0.4 is 5.73 Å². The highest BCUT2D eigenvalue weighted by Crippen LogP contribution is 2.42. The molecule has 8 heteroatoms. The molecule has 0 saturated carbocycles. The highest BCUT2D eigenvalue weighted by atomic mass is 19.4. The quantitative estimate of drug-likeness (QED) is 0.824. The number of nitrogens with two attached hydrogens (primary N) is 1. The van der Waals surface area contributed by atoms with Gasteiger partial charge in [0.2, 0.25) is 0 Å². The molecule has 16 heavy (non-hydrogen) atoms. The average molecular weight is 243 g/mol. The fourth-order valence-electron chi connectivity index (χ4n) is 1.21. The van der Waals surface area contributed by atoms with Gasteiger partial charge in [-0.15, -0.1) is 0 Å². The minimum Gasteiger partial charge on any atom is -0.328 e. The van der Waals surface area contributed by atoms with Crippen molar-refractivity contribution in [2.75, 3.05) is 6.54 Å². The second kappa shape index (κ2) is 4.00. The highest BCUT2D eigenvalue weighted by molar-refractivity contribution is 5.02. The van der Waals surface area contributed by atoms with Crippen molar-refractivity contribution in [2.45, 2.75) is 25.1 Å². The summed E-state index contributed by atoms with van der Waals surface area (Å²) in [5.74, 6) is -4.90. The lowest BCUT2D eigenvalue weighted by Crippen LogP contribution is -2.47. The van der Waals surface area contributed by atoms with E-state index in [0.717, 1.165) is 6.20 Å². The molecule has 1 aromatic heterocycles. The molecule has 0 fully saturated rings. The molecule has 0 aliphatic rings. The van der Waals surface area contributed by atoms with E-state index in [1.807, 2.05) is 0 Å². The van der Waals surface area contributed by atoms with Gasteiger partial charge in [-0.25, -0.2) is 0 Å². The molecule has 2 N–H and O–H groups in total. The van der Waals surface area contributed by atoms with Crippen LogP contribution in [-0.2, 0) is 0 Å². The Morgan fingerprint density at radius 2 is 1.94 bits per heavy atom. The van der Waals surface area contributed by atoms with Crippen molar-refractivity contribution < 1.29 is 22.0 Å². The molecule has 0 bridgehead atoms. The summed E-state index contributed by atoms with van der Waals surface area (Å²) < 4.78 is 62.9. The Balaban J connectivity index is 3.08. The predicted molar refractivity (Wildman–Crippen MR) is 46.1 cm³/mol. The van der Waals surface area contributed by atoms with E-state index in [2.05, 4.69) is 5.10 Å². The largest absolute Gasteiger partial charge is 0.455 e. The highest BCUT2D eigenvalue weighted by Gasteiger charge is 2.62. The lowest BCUT2D eigenvalue weighted by Gasteiger charge is -2.27. The summed E-state index contributed by atoms with van der Waals surface area (Å²) in [6.45, 7) is 0.677. The number of nitrogens with zero attached hydrogens (tertiary/aromatic N) is 2.